The van der Waals surface area contributed by atoms with Gasteiger partial charge in [0.05, 0.1) is 18.8 Å². The lowest BCUT2D eigenvalue weighted by molar-refractivity contribution is -0.268. The highest BCUT2D eigenvalue weighted by atomic mass is 32.2. The molecular weight excluding hydrogens is 562 g/mol. The van der Waals surface area contributed by atoms with Gasteiger partial charge in [0.1, 0.15) is 6.61 Å². The largest absolute Gasteiger partial charge is 0.445 e. The summed E-state index contributed by atoms with van der Waals surface area (Å²) in [6.45, 7) is 6.22. The van der Waals surface area contributed by atoms with Gasteiger partial charge in [-0.05, 0) is 39.9 Å². The van der Waals surface area contributed by atoms with E-state index in [-0.39, 0.29) is 31.3 Å². The molecule has 4 aromatic rings. The van der Waals surface area contributed by atoms with Gasteiger partial charge < -0.3 is 24.6 Å². The van der Waals surface area contributed by atoms with Crippen LogP contribution in [0.25, 0.3) is 11.1 Å². The van der Waals surface area contributed by atoms with Crippen molar-refractivity contribution in [2.45, 2.75) is 43.7 Å². The lowest BCUT2D eigenvalue weighted by Crippen LogP contribution is -2.38. The zero-order chi connectivity index (χ0) is 30.0. The van der Waals surface area contributed by atoms with E-state index in [1.807, 2.05) is 60.7 Å². The first-order valence-corrected chi connectivity index (χ1v) is 15.1. The maximum Gasteiger partial charge on any atom is 0.407 e. The molecule has 0 saturated carbocycles. The first kappa shape index (κ1) is 30.4. The van der Waals surface area contributed by atoms with Crippen molar-refractivity contribution in [2.24, 2.45) is 5.92 Å². The number of carbonyl (C=O) groups is 1. The monoisotopic (exact) mass is 597 g/mol. The van der Waals surface area contributed by atoms with E-state index in [1.165, 1.54) is 6.08 Å². The number of aromatic nitrogens is 2. The molecule has 1 amide bonds. The summed E-state index contributed by atoms with van der Waals surface area (Å²) in [6.07, 6.45) is 3.66. The Morgan fingerprint density at radius 1 is 0.977 bits per heavy atom. The number of carbonyl (C=O) groups excluding carboxylic acids is 1. The molecule has 0 aliphatic carbocycles. The second-order valence-corrected chi connectivity index (χ2v) is 11.2. The Kier molecular flexibility index (Phi) is 10.6. The molecule has 0 spiro atoms. The summed E-state index contributed by atoms with van der Waals surface area (Å²) in [6, 6.07) is 25.9. The zero-order valence-corrected chi connectivity index (χ0v) is 24.8. The van der Waals surface area contributed by atoms with Gasteiger partial charge in [-0.25, -0.2) is 14.8 Å². The average molecular weight is 598 g/mol. The fourth-order valence-electron chi connectivity index (χ4n) is 4.88. The molecule has 0 bridgehead atoms. The second kappa shape index (κ2) is 14.9. The number of aliphatic hydroxyl groups excluding tert-OH is 1. The highest BCUT2D eigenvalue weighted by Gasteiger charge is 2.38. The molecule has 1 aliphatic rings. The van der Waals surface area contributed by atoms with E-state index in [0.717, 1.165) is 33.4 Å². The maximum absolute atomic E-state index is 11.8. The van der Waals surface area contributed by atoms with Crippen LogP contribution in [0.2, 0.25) is 0 Å². The van der Waals surface area contributed by atoms with E-state index < -0.39 is 12.4 Å². The zero-order valence-electron chi connectivity index (χ0n) is 24.0. The third-order valence-corrected chi connectivity index (χ3v) is 8.22. The molecule has 2 N–H and O–H groups in total. The minimum absolute atomic E-state index is 0.00250. The Bertz CT molecular complexity index is 1480. The summed E-state index contributed by atoms with van der Waals surface area (Å²) in [4.78, 5) is 20.5. The molecule has 1 aliphatic heterocycles. The van der Waals surface area contributed by atoms with Crippen LogP contribution in [0, 0.1) is 5.92 Å². The van der Waals surface area contributed by atoms with Crippen LogP contribution in [0.1, 0.15) is 41.6 Å². The lowest BCUT2D eigenvalue weighted by atomic mass is 9.91. The molecule has 0 unspecified atom stereocenters. The van der Waals surface area contributed by atoms with Crippen molar-refractivity contribution in [3.63, 3.8) is 0 Å². The van der Waals surface area contributed by atoms with Gasteiger partial charge in [-0.3, -0.25) is 0 Å². The SMILES string of the molecule is C=CCOC(=O)NCc1cccc(-c2ccc([C@@H]3O[C@H](CSc4ncccn4)[C@H](C)[C@H](c4ccc(CO)cc4)O3)cc2)c1. The number of amides is 1. The molecule has 8 nitrogen and oxygen atoms in total. The number of rotatable bonds is 11. The minimum Gasteiger partial charge on any atom is -0.445 e. The van der Waals surface area contributed by atoms with Crippen molar-refractivity contribution in [2.75, 3.05) is 12.4 Å². The molecule has 1 saturated heterocycles. The smallest absolute Gasteiger partial charge is 0.407 e. The van der Waals surface area contributed by atoms with Crippen LogP contribution in [0.3, 0.4) is 0 Å². The van der Waals surface area contributed by atoms with Crippen molar-refractivity contribution in [3.8, 4) is 11.1 Å². The molecule has 3 aromatic carbocycles. The number of thioether (sulfide) groups is 1. The van der Waals surface area contributed by atoms with Gasteiger partial charge in [-0.2, -0.15) is 0 Å². The average Bonchev–Trinajstić information content (AvgIpc) is 3.06. The van der Waals surface area contributed by atoms with Crippen LogP contribution in [-0.4, -0.2) is 39.6 Å². The van der Waals surface area contributed by atoms with E-state index in [0.29, 0.717) is 17.5 Å². The molecule has 0 radical (unpaired) electrons. The van der Waals surface area contributed by atoms with E-state index in [9.17, 15) is 9.90 Å². The van der Waals surface area contributed by atoms with Gasteiger partial charge in [0.25, 0.3) is 0 Å². The molecule has 1 fully saturated rings. The number of ether oxygens (including phenoxy) is 3. The normalized spacial score (nSPS) is 19.9. The van der Waals surface area contributed by atoms with Gasteiger partial charge in [0.2, 0.25) is 0 Å². The predicted molar refractivity (Wildman–Crippen MR) is 166 cm³/mol. The predicted octanol–water partition coefficient (Wildman–Crippen LogP) is 6.63. The van der Waals surface area contributed by atoms with Gasteiger partial charge in [-0.1, -0.05) is 98.1 Å². The van der Waals surface area contributed by atoms with Gasteiger partial charge in [0.15, 0.2) is 11.4 Å². The quantitative estimate of drug-likeness (QED) is 0.113. The molecule has 43 heavy (non-hydrogen) atoms. The van der Waals surface area contributed by atoms with Crippen LogP contribution >= 0.6 is 11.8 Å². The Labute approximate surface area is 256 Å². The summed E-state index contributed by atoms with van der Waals surface area (Å²) in [7, 11) is 0. The second-order valence-electron chi connectivity index (χ2n) is 10.2. The van der Waals surface area contributed by atoms with E-state index in [1.54, 1.807) is 30.2 Å². The molecule has 222 valence electrons. The van der Waals surface area contributed by atoms with Crippen LogP contribution in [0.15, 0.2) is 109 Å². The van der Waals surface area contributed by atoms with E-state index in [2.05, 4.69) is 40.9 Å². The molecule has 2 heterocycles. The van der Waals surface area contributed by atoms with Crippen molar-refractivity contribution in [3.05, 3.63) is 126 Å². The summed E-state index contributed by atoms with van der Waals surface area (Å²) in [5.41, 5.74) is 5.84. The van der Waals surface area contributed by atoms with Crippen LogP contribution in [0.4, 0.5) is 4.79 Å². The van der Waals surface area contributed by atoms with E-state index >= 15 is 0 Å². The van der Waals surface area contributed by atoms with Crippen molar-refractivity contribution in [1.82, 2.24) is 15.3 Å². The summed E-state index contributed by atoms with van der Waals surface area (Å²) >= 11 is 1.57. The van der Waals surface area contributed by atoms with Crippen LogP contribution < -0.4 is 5.32 Å². The van der Waals surface area contributed by atoms with Gasteiger partial charge in [-0.15, -0.1) is 0 Å². The third kappa shape index (κ3) is 8.09. The van der Waals surface area contributed by atoms with Gasteiger partial charge in [0, 0.05) is 36.2 Å². The Morgan fingerprint density at radius 3 is 2.44 bits per heavy atom. The summed E-state index contributed by atoms with van der Waals surface area (Å²) < 4.78 is 18.1. The molecule has 5 rings (SSSR count). The van der Waals surface area contributed by atoms with Crippen molar-refractivity contribution >= 4 is 17.9 Å². The third-order valence-electron chi connectivity index (χ3n) is 7.25. The van der Waals surface area contributed by atoms with Crippen LogP contribution in [-0.2, 0) is 27.4 Å². The molecule has 4 atom stereocenters. The number of benzene rings is 3. The highest BCUT2D eigenvalue weighted by molar-refractivity contribution is 7.99. The number of nitrogens with one attached hydrogen (secondary N) is 1. The first-order valence-electron chi connectivity index (χ1n) is 14.1. The number of hydrogen-bond acceptors (Lipinski definition) is 8. The summed E-state index contributed by atoms with van der Waals surface area (Å²) in [5, 5.41) is 13.0. The first-order chi connectivity index (χ1) is 21.0. The number of aliphatic hydroxyl groups is 1. The minimum atomic E-state index is -0.563. The standard InChI is InChI=1S/C34H35N3O5S/c1-3-18-40-34(39)37-20-25-6-4-7-29(19-25)26-12-14-28(15-13-26)32-41-30(22-43-33-35-16-5-17-36-33)23(2)31(42-32)27-10-8-24(21-38)9-11-27/h3-17,19,23,30-32,38H,1,18,20-22H2,2H3,(H,37,39)/t23-,30+,31+,32+/m0/s1. The number of hydrogen-bond donors (Lipinski definition) is 2. The highest BCUT2D eigenvalue weighted by Crippen LogP contribution is 2.43. The molecule has 1 aromatic heterocycles. The summed E-state index contributed by atoms with van der Waals surface area (Å²) in [5.74, 6) is 0.744. The fraction of sp³-hybridized carbons (Fsp3) is 0.265. The topological polar surface area (TPSA) is 103 Å². The lowest BCUT2D eigenvalue weighted by Gasteiger charge is -2.41. The Morgan fingerprint density at radius 2 is 1.72 bits per heavy atom. The van der Waals surface area contributed by atoms with E-state index in [4.69, 9.17) is 14.2 Å². The maximum atomic E-state index is 11.8. The van der Waals surface area contributed by atoms with Gasteiger partial charge >= 0.3 is 6.09 Å². The fourth-order valence-corrected chi connectivity index (χ4v) is 5.85. The molecule has 9 heteroatoms. The molecular formula is C34H35N3O5S. The number of alkyl carbamates (subject to hydrolysis) is 1. The van der Waals surface area contributed by atoms with Crippen molar-refractivity contribution < 1.29 is 24.1 Å². The Balaban J connectivity index is 1.32. The number of nitrogens with zero attached hydrogens (tertiary/aromatic N) is 2. The van der Waals surface area contributed by atoms with Crippen LogP contribution in [0.5, 0.6) is 0 Å². The van der Waals surface area contributed by atoms with Crippen molar-refractivity contribution in [1.29, 1.82) is 0 Å². The Hall–Kier alpha value is -4.02.